The summed E-state index contributed by atoms with van der Waals surface area (Å²) in [5, 5.41) is 2.87. The van der Waals surface area contributed by atoms with Crippen molar-refractivity contribution in [1.29, 1.82) is 0 Å². The number of hydrogen-bond donors (Lipinski definition) is 1. The van der Waals surface area contributed by atoms with Crippen LogP contribution in [0.3, 0.4) is 0 Å². The monoisotopic (exact) mass is 240 g/mol. The molecule has 0 radical (unpaired) electrons. The zero-order valence-electron chi connectivity index (χ0n) is 10.6. The summed E-state index contributed by atoms with van der Waals surface area (Å²) in [6, 6.07) is 11.6. The molecule has 0 atom stereocenters. The average Bonchev–Trinajstić information content (AvgIpc) is 2.28. The molecule has 0 fully saturated rings. The van der Waals surface area contributed by atoms with Crippen molar-refractivity contribution in [3.8, 4) is 0 Å². The van der Waals surface area contributed by atoms with Crippen molar-refractivity contribution in [1.82, 2.24) is 4.98 Å². The van der Waals surface area contributed by atoms with Crippen LogP contribution >= 0.6 is 0 Å². The molecule has 92 valence electrons. The third-order valence-corrected chi connectivity index (χ3v) is 2.63. The van der Waals surface area contributed by atoms with Crippen molar-refractivity contribution in [2.45, 2.75) is 20.3 Å². The molecule has 1 N–H and O–H groups in total. The first-order chi connectivity index (χ1) is 8.63. The van der Waals surface area contributed by atoms with E-state index in [0.717, 1.165) is 16.9 Å². The summed E-state index contributed by atoms with van der Waals surface area (Å²) in [6.45, 7) is 3.92. The molecule has 3 heteroatoms. The van der Waals surface area contributed by atoms with Crippen LogP contribution in [0.1, 0.15) is 16.8 Å². The van der Waals surface area contributed by atoms with Crippen LogP contribution in [0.25, 0.3) is 0 Å². The third kappa shape index (κ3) is 3.42. The van der Waals surface area contributed by atoms with E-state index in [1.807, 2.05) is 44.2 Å². The van der Waals surface area contributed by atoms with E-state index in [2.05, 4.69) is 10.3 Å². The summed E-state index contributed by atoms with van der Waals surface area (Å²) in [7, 11) is 0. The van der Waals surface area contributed by atoms with Gasteiger partial charge in [0.2, 0.25) is 5.91 Å². The maximum absolute atomic E-state index is 11.9. The van der Waals surface area contributed by atoms with Gasteiger partial charge in [0, 0.05) is 17.6 Å². The summed E-state index contributed by atoms with van der Waals surface area (Å²) in [6.07, 6.45) is 2.08. The van der Waals surface area contributed by atoms with Gasteiger partial charge in [0.25, 0.3) is 0 Å². The number of pyridine rings is 1. The molecular formula is C15H16N2O. The van der Waals surface area contributed by atoms with E-state index < -0.39 is 0 Å². The molecule has 0 aliphatic carbocycles. The van der Waals surface area contributed by atoms with Gasteiger partial charge in [-0.2, -0.15) is 0 Å². The Morgan fingerprint density at radius 3 is 2.78 bits per heavy atom. The lowest BCUT2D eigenvalue weighted by molar-refractivity contribution is -0.115. The van der Waals surface area contributed by atoms with Crippen LogP contribution in [-0.4, -0.2) is 10.9 Å². The van der Waals surface area contributed by atoms with Crippen LogP contribution < -0.4 is 5.32 Å². The lowest BCUT2D eigenvalue weighted by Crippen LogP contribution is -2.14. The lowest BCUT2D eigenvalue weighted by Gasteiger charge is -2.06. The van der Waals surface area contributed by atoms with Gasteiger partial charge in [0.1, 0.15) is 0 Å². The first kappa shape index (κ1) is 12.3. The Morgan fingerprint density at radius 1 is 1.22 bits per heavy atom. The number of nitrogens with one attached hydrogen (secondary N) is 1. The van der Waals surface area contributed by atoms with Gasteiger partial charge in [-0.05, 0) is 31.5 Å². The quantitative estimate of drug-likeness (QED) is 0.896. The number of anilines is 1. The minimum Gasteiger partial charge on any atom is -0.326 e. The van der Waals surface area contributed by atoms with E-state index in [4.69, 9.17) is 0 Å². The Morgan fingerprint density at radius 2 is 2.06 bits per heavy atom. The molecule has 0 saturated heterocycles. The number of hydrogen-bond acceptors (Lipinski definition) is 2. The molecule has 3 nitrogen and oxygen atoms in total. The Hall–Kier alpha value is -2.16. The fraction of sp³-hybridized carbons (Fsp3) is 0.200. The van der Waals surface area contributed by atoms with Crippen molar-refractivity contribution in [3.05, 3.63) is 59.4 Å². The van der Waals surface area contributed by atoms with E-state index in [0.29, 0.717) is 6.42 Å². The first-order valence-electron chi connectivity index (χ1n) is 5.91. The van der Waals surface area contributed by atoms with Gasteiger partial charge >= 0.3 is 0 Å². The molecular weight excluding hydrogens is 224 g/mol. The maximum atomic E-state index is 11.9. The van der Waals surface area contributed by atoms with Crippen LogP contribution in [0.15, 0.2) is 42.6 Å². The van der Waals surface area contributed by atoms with Gasteiger partial charge in [-0.3, -0.25) is 9.78 Å². The average molecular weight is 240 g/mol. The molecule has 1 aromatic carbocycles. The predicted molar refractivity (Wildman–Crippen MR) is 72.5 cm³/mol. The van der Waals surface area contributed by atoms with Gasteiger partial charge in [-0.15, -0.1) is 0 Å². The minimum atomic E-state index is -0.00815. The largest absolute Gasteiger partial charge is 0.326 e. The molecule has 1 amide bonds. The fourth-order valence-corrected chi connectivity index (χ4v) is 1.84. The minimum absolute atomic E-state index is 0.00815. The van der Waals surface area contributed by atoms with Crippen molar-refractivity contribution < 1.29 is 4.79 Å². The van der Waals surface area contributed by atoms with E-state index >= 15 is 0 Å². The summed E-state index contributed by atoms with van der Waals surface area (Å²) < 4.78 is 0. The SMILES string of the molecule is Cc1cccc(CC(=O)Nc2ccnc(C)c2)c1. The van der Waals surface area contributed by atoms with Crippen molar-refractivity contribution >= 4 is 11.6 Å². The summed E-state index contributed by atoms with van der Waals surface area (Å²) in [5.41, 5.74) is 3.88. The van der Waals surface area contributed by atoms with Crippen molar-refractivity contribution in [3.63, 3.8) is 0 Å². The predicted octanol–water partition coefficient (Wildman–Crippen LogP) is 2.88. The number of carbonyl (C=O) groups is 1. The molecule has 1 aromatic heterocycles. The molecule has 0 unspecified atom stereocenters. The molecule has 0 spiro atoms. The molecule has 2 aromatic rings. The van der Waals surface area contributed by atoms with Crippen LogP contribution in [0.5, 0.6) is 0 Å². The molecule has 18 heavy (non-hydrogen) atoms. The number of amides is 1. The maximum Gasteiger partial charge on any atom is 0.228 e. The van der Waals surface area contributed by atoms with Gasteiger partial charge in [0.15, 0.2) is 0 Å². The Balaban J connectivity index is 2.01. The highest BCUT2D eigenvalue weighted by Gasteiger charge is 2.04. The highest BCUT2D eigenvalue weighted by atomic mass is 16.1. The smallest absolute Gasteiger partial charge is 0.228 e. The molecule has 0 bridgehead atoms. The van der Waals surface area contributed by atoms with Crippen molar-refractivity contribution in [2.24, 2.45) is 0 Å². The molecule has 0 aliphatic heterocycles. The summed E-state index contributed by atoms with van der Waals surface area (Å²) in [4.78, 5) is 16.0. The van der Waals surface area contributed by atoms with Crippen LogP contribution in [-0.2, 0) is 11.2 Å². The number of aromatic nitrogens is 1. The van der Waals surface area contributed by atoms with Crippen LogP contribution in [0.4, 0.5) is 5.69 Å². The van der Waals surface area contributed by atoms with E-state index in [1.54, 1.807) is 12.3 Å². The second-order valence-corrected chi connectivity index (χ2v) is 4.40. The Bertz CT molecular complexity index is 514. The van der Waals surface area contributed by atoms with Gasteiger partial charge in [0.05, 0.1) is 6.42 Å². The number of nitrogens with zero attached hydrogens (tertiary/aromatic N) is 1. The first-order valence-corrected chi connectivity index (χ1v) is 5.91. The van der Waals surface area contributed by atoms with Crippen LogP contribution in [0.2, 0.25) is 0 Å². The van der Waals surface area contributed by atoms with E-state index in [9.17, 15) is 4.79 Å². The second-order valence-electron chi connectivity index (χ2n) is 4.40. The van der Waals surface area contributed by atoms with Gasteiger partial charge in [-0.25, -0.2) is 0 Å². The highest BCUT2D eigenvalue weighted by molar-refractivity contribution is 5.92. The Labute approximate surface area is 107 Å². The zero-order chi connectivity index (χ0) is 13.0. The summed E-state index contributed by atoms with van der Waals surface area (Å²) in [5.74, 6) is -0.00815. The van der Waals surface area contributed by atoms with E-state index in [1.165, 1.54) is 5.56 Å². The number of rotatable bonds is 3. The fourth-order valence-electron chi connectivity index (χ4n) is 1.84. The van der Waals surface area contributed by atoms with Crippen molar-refractivity contribution in [2.75, 3.05) is 5.32 Å². The number of aryl methyl sites for hydroxylation is 2. The van der Waals surface area contributed by atoms with Crippen LogP contribution in [0, 0.1) is 13.8 Å². The second kappa shape index (κ2) is 5.45. The van der Waals surface area contributed by atoms with Gasteiger partial charge < -0.3 is 5.32 Å². The molecule has 1 heterocycles. The molecule has 2 rings (SSSR count). The third-order valence-electron chi connectivity index (χ3n) is 2.63. The lowest BCUT2D eigenvalue weighted by atomic mass is 10.1. The van der Waals surface area contributed by atoms with E-state index in [-0.39, 0.29) is 5.91 Å². The Kier molecular flexibility index (Phi) is 3.72. The topological polar surface area (TPSA) is 42.0 Å². The van der Waals surface area contributed by atoms with Gasteiger partial charge in [-0.1, -0.05) is 29.8 Å². The number of benzene rings is 1. The summed E-state index contributed by atoms with van der Waals surface area (Å²) >= 11 is 0. The zero-order valence-corrected chi connectivity index (χ0v) is 10.6. The normalized spacial score (nSPS) is 10.1. The molecule has 0 aliphatic rings. The molecule has 0 saturated carbocycles. The number of carbonyl (C=O) groups excluding carboxylic acids is 1. The standard InChI is InChI=1S/C15H16N2O/c1-11-4-3-5-13(8-11)10-15(18)17-14-6-7-16-12(2)9-14/h3-9H,10H2,1-2H3,(H,16,17,18). The highest BCUT2D eigenvalue weighted by Crippen LogP contribution is 2.09.